The fourth-order valence-corrected chi connectivity index (χ4v) is 5.25. The van der Waals surface area contributed by atoms with Crippen LogP contribution in [0, 0.1) is 5.41 Å². The van der Waals surface area contributed by atoms with Gasteiger partial charge in [-0.2, -0.15) is 0 Å². The van der Waals surface area contributed by atoms with E-state index in [2.05, 4.69) is 15.2 Å². The first-order valence-electron chi connectivity index (χ1n) is 8.92. The summed E-state index contributed by atoms with van der Waals surface area (Å²) in [5, 5.41) is 3.52. The Morgan fingerprint density at radius 2 is 1.96 bits per heavy atom. The average molecular weight is 360 g/mol. The van der Waals surface area contributed by atoms with E-state index in [9.17, 15) is 8.42 Å². The Morgan fingerprint density at radius 3 is 2.50 bits per heavy atom. The molecule has 2 fully saturated rings. The molecule has 0 spiro atoms. The Kier molecular flexibility index (Phi) is 6.18. The van der Waals surface area contributed by atoms with E-state index in [0.29, 0.717) is 13.1 Å². The Labute approximate surface area is 147 Å². The molecule has 2 rings (SSSR count). The van der Waals surface area contributed by atoms with Crippen LogP contribution in [-0.4, -0.2) is 70.2 Å². The van der Waals surface area contributed by atoms with Crippen LogP contribution in [0.2, 0.25) is 0 Å². The van der Waals surface area contributed by atoms with E-state index in [1.165, 1.54) is 25.7 Å². The number of aliphatic imine (C=N–C) groups is 1. The van der Waals surface area contributed by atoms with Crippen molar-refractivity contribution in [2.24, 2.45) is 10.4 Å². The van der Waals surface area contributed by atoms with Crippen LogP contribution in [0.25, 0.3) is 0 Å². The molecule has 0 unspecified atom stereocenters. The summed E-state index contributed by atoms with van der Waals surface area (Å²) < 4.78 is 29.0. The van der Waals surface area contributed by atoms with Crippen molar-refractivity contribution in [1.82, 2.24) is 10.2 Å². The van der Waals surface area contributed by atoms with E-state index in [1.807, 2.05) is 0 Å². The lowest BCUT2D eigenvalue weighted by atomic mass is 9.83. The third kappa shape index (κ3) is 4.23. The molecule has 0 atom stereocenters. The number of rotatable bonds is 5. The van der Waals surface area contributed by atoms with Gasteiger partial charge in [0.05, 0.1) is 10.5 Å². The fourth-order valence-electron chi connectivity index (χ4n) is 3.88. The Hall–Kier alpha value is -0.820. The number of guanidine groups is 1. The number of sulfone groups is 1. The summed E-state index contributed by atoms with van der Waals surface area (Å²) in [7, 11) is 0.497. The minimum Gasteiger partial charge on any atom is -0.385 e. The maximum absolute atomic E-state index is 12.2. The summed E-state index contributed by atoms with van der Waals surface area (Å²) in [6.45, 7) is 6.27. The molecule has 6 nitrogen and oxygen atoms in total. The van der Waals surface area contributed by atoms with Crippen LogP contribution in [0.3, 0.4) is 0 Å². The molecule has 0 amide bonds. The lowest BCUT2D eigenvalue weighted by Gasteiger charge is -2.40. The van der Waals surface area contributed by atoms with E-state index < -0.39 is 14.6 Å². The average Bonchev–Trinajstić information content (AvgIpc) is 2.98. The topological polar surface area (TPSA) is 71.0 Å². The van der Waals surface area contributed by atoms with E-state index >= 15 is 0 Å². The van der Waals surface area contributed by atoms with Gasteiger partial charge in [-0.25, -0.2) is 8.42 Å². The van der Waals surface area contributed by atoms with Crippen LogP contribution in [0.4, 0.5) is 0 Å². The van der Waals surface area contributed by atoms with Gasteiger partial charge >= 0.3 is 0 Å². The molecule has 0 aromatic carbocycles. The largest absolute Gasteiger partial charge is 0.385 e. The Bertz CT molecular complexity index is 551. The molecule has 0 aromatic rings. The van der Waals surface area contributed by atoms with Gasteiger partial charge in [0.1, 0.15) is 0 Å². The van der Waals surface area contributed by atoms with Crippen LogP contribution in [-0.2, 0) is 14.6 Å². The highest BCUT2D eigenvalue weighted by molar-refractivity contribution is 7.92. The molecule has 140 valence electrons. The van der Waals surface area contributed by atoms with Gasteiger partial charge in [-0.3, -0.25) is 4.99 Å². The molecule has 1 aliphatic carbocycles. The first-order valence-corrected chi connectivity index (χ1v) is 10.6. The molecule has 2 aliphatic rings. The summed E-state index contributed by atoms with van der Waals surface area (Å²) in [5.41, 5.74) is 0.281. The van der Waals surface area contributed by atoms with Crippen molar-refractivity contribution < 1.29 is 13.2 Å². The zero-order chi connectivity index (χ0) is 17.8. The highest BCUT2D eigenvalue weighted by atomic mass is 32.2. The second-order valence-electron chi connectivity index (χ2n) is 7.85. The number of nitrogens with zero attached hydrogens (tertiary/aromatic N) is 2. The second kappa shape index (κ2) is 7.60. The van der Waals surface area contributed by atoms with Crippen molar-refractivity contribution in [3.8, 4) is 0 Å². The van der Waals surface area contributed by atoms with E-state index in [1.54, 1.807) is 28.0 Å². The Morgan fingerprint density at radius 1 is 1.29 bits per heavy atom. The van der Waals surface area contributed by atoms with Crippen LogP contribution in [0.1, 0.15) is 46.0 Å². The monoisotopic (exact) mass is 359 g/mol. The molecular weight excluding hydrogens is 326 g/mol. The van der Waals surface area contributed by atoms with Gasteiger partial charge in [0.25, 0.3) is 0 Å². The minimum absolute atomic E-state index is 0.190. The first kappa shape index (κ1) is 19.5. The van der Waals surface area contributed by atoms with Crippen LogP contribution in [0.15, 0.2) is 4.99 Å². The highest BCUT2D eigenvalue weighted by Crippen LogP contribution is 2.40. The quantitative estimate of drug-likeness (QED) is 0.597. The Balaban J connectivity index is 2.00. The van der Waals surface area contributed by atoms with Gasteiger partial charge in [0, 0.05) is 40.4 Å². The van der Waals surface area contributed by atoms with Crippen LogP contribution < -0.4 is 5.32 Å². The standard InChI is InChI=1S/C17H33N3O3S/c1-16(2)14-20(10-12-24(16,21)22)15(18-3)19-13-17(9-11-23-4)7-5-6-8-17/h5-14H2,1-4H3,(H,18,19). The third-order valence-electron chi connectivity index (χ3n) is 5.68. The van der Waals surface area contributed by atoms with Gasteiger partial charge in [-0.15, -0.1) is 0 Å². The highest BCUT2D eigenvalue weighted by Gasteiger charge is 2.41. The lowest BCUT2D eigenvalue weighted by Crippen LogP contribution is -2.58. The third-order valence-corrected chi connectivity index (χ3v) is 8.21. The van der Waals surface area contributed by atoms with E-state index in [4.69, 9.17) is 4.74 Å². The van der Waals surface area contributed by atoms with Crippen molar-refractivity contribution in [3.63, 3.8) is 0 Å². The van der Waals surface area contributed by atoms with Crippen LogP contribution in [0.5, 0.6) is 0 Å². The molecule has 1 saturated heterocycles. The number of nitrogens with one attached hydrogen (secondary N) is 1. The molecule has 0 radical (unpaired) electrons. The van der Waals surface area contributed by atoms with Crippen molar-refractivity contribution in [1.29, 1.82) is 0 Å². The van der Waals surface area contributed by atoms with Gasteiger partial charge in [-0.05, 0) is 38.5 Å². The predicted molar refractivity (Wildman–Crippen MR) is 98.2 cm³/mol. The first-order chi connectivity index (χ1) is 11.3. The molecule has 1 aliphatic heterocycles. The molecule has 1 heterocycles. The SMILES string of the molecule is CN=C(NCC1(CCOC)CCCC1)N1CCS(=O)(=O)C(C)(C)C1. The van der Waals surface area contributed by atoms with E-state index in [0.717, 1.165) is 25.5 Å². The predicted octanol–water partition coefficient (Wildman–Crippen LogP) is 1.67. The fraction of sp³-hybridized carbons (Fsp3) is 0.941. The van der Waals surface area contributed by atoms with Gasteiger partial charge in [-0.1, -0.05) is 12.8 Å². The summed E-state index contributed by atoms with van der Waals surface area (Å²) in [6, 6.07) is 0. The van der Waals surface area contributed by atoms with Gasteiger partial charge < -0.3 is 15.0 Å². The smallest absolute Gasteiger partial charge is 0.193 e. The summed E-state index contributed by atoms with van der Waals surface area (Å²) in [5.74, 6) is 1.01. The van der Waals surface area contributed by atoms with Gasteiger partial charge in [0.2, 0.25) is 0 Å². The molecule has 0 bridgehead atoms. The summed E-state index contributed by atoms with van der Waals surface area (Å²) in [4.78, 5) is 6.49. The van der Waals surface area contributed by atoms with Crippen LogP contribution >= 0.6 is 0 Å². The van der Waals surface area contributed by atoms with Crippen molar-refractivity contribution in [2.75, 3.05) is 46.2 Å². The van der Waals surface area contributed by atoms with Gasteiger partial charge in [0.15, 0.2) is 15.8 Å². The van der Waals surface area contributed by atoms with Crippen molar-refractivity contribution >= 4 is 15.8 Å². The number of methoxy groups -OCH3 is 1. The molecule has 1 saturated carbocycles. The van der Waals surface area contributed by atoms with E-state index in [-0.39, 0.29) is 11.2 Å². The number of hydrogen-bond donors (Lipinski definition) is 1. The van der Waals surface area contributed by atoms with Crippen molar-refractivity contribution in [2.45, 2.75) is 50.7 Å². The molecule has 24 heavy (non-hydrogen) atoms. The summed E-state index contributed by atoms with van der Waals surface area (Å²) in [6.07, 6.45) is 6.06. The number of hydrogen-bond acceptors (Lipinski definition) is 4. The second-order valence-corrected chi connectivity index (χ2v) is 10.6. The minimum atomic E-state index is -3.03. The zero-order valence-corrected chi connectivity index (χ0v) is 16.4. The summed E-state index contributed by atoms with van der Waals surface area (Å²) >= 11 is 0. The molecule has 0 aromatic heterocycles. The molecule has 1 N–H and O–H groups in total. The maximum Gasteiger partial charge on any atom is 0.193 e. The normalized spacial score (nSPS) is 25.7. The molecular formula is C17H33N3O3S. The lowest BCUT2D eigenvalue weighted by molar-refractivity contribution is 0.137. The zero-order valence-electron chi connectivity index (χ0n) is 15.6. The maximum atomic E-state index is 12.2. The van der Waals surface area contributed by atoms with Crippen molar-refractivity contribution in [3.05, 3.63) is 0 Å². The molecule has 7 heteroatoms. The number of ether oxygens (including phenoxy) is 1.